The van der Waals surface area contributed by atoms with Crippen LogP contribution in [0, 0.1) is 5.82 Å². The second kappa shape index (κ2) is 8.11. The summed E-state index contributed by atoms with van der Waals surface area (Å²) in [6.45, 7) is 2.29. The minimum atomic E-state index is -0.353. The first kappa shape index (κ1) is 15.0. The highest BCUT2D eigenvalue weighted by Crippen LogP contribution is 2.08. The first-order valence-corrected chi connectivity index (χ1v) is 7.29. The lowest BCUT2D eigenvalue weighted by atomic mass is 10.2. The maximum Gasteiger partial charge on any atom is 0.238 e. The molecule has 3 nitrogen and oxygen atoms in total. The molecule has 100 valence electrons. The molecule has 0 saturated heterocycles. The molecule has 0 aliphatic rings. The fourth-order valence-electron chi connectivity index (χ4n) is 1.44. The van der Waals surface area contributed by atoms with Gasteiger partial charge in [-0.15, -0.1) is 0 Å². The number of carbonyl (C=O) groups is 1. The highest BCUT2D eigenvalue weighted by molar-refractivity contribution is 7.98. The zero-order chi connectivity index (χ0) is 13.4. The minimum absolute atomic E-state index is 0.156. The van der Waals surface area contributed by atoms with E-state index >= 15 is 0 Å². The summed E-state index contributed by atoms with van der Waals surface area (Å²) in [4.78, 5) is 11.6. The van der Waals surface area contributed by atoms with Crippen molar-refractivity contribution >= 4 is 23.4 Å². The van der Waals surface area contributed by atoms with Crippen LogP contribution in [-0.4, -0.2) is 30.5 Å². The van der Waals surface area contributed by atoms with Gasteiger partial charge in [-0.3, -0.25) is 4.79 Å². The van der Waals surface area contributed by atoms with E-state index in [0.717, 1.165) is 12.2 Å². The summed E-state index contributed by atoms with van der Waals surface area (Å²) in [5.74, 6) is 0.561. The molecule has 0 aromatic heterocycles. The van der Waals surface area contributed by atoms with Gasteiger partial charge in [0.1, 0.15) is 5.82 Å². The molecule has 0 radical (unpaired) electrons. The fourth-order valence-corrected chi connectivity index (χ4v) is 2.02. The Labute approximate surface area is 112 Å². The van der Waals surface area contributed by atoms with Crippen molar-refractivity contribution in [3.8, 4) is 0 Å². The monoisotopic (exact) mass is 270 g/mol. The van der Waals surface area contributed by atoms with Gasteiger partial charge >= 0.3 is 0 Å². The SMILES string of the molecule is CSCCC(C)NCC(=O)Nc1cccc(F)c1. The molecule has 1 atom stereocenters. The van der Waals surface area contributed by atoms with Crippen LogP contribution < -0.4 is 10.6 Å². The van der Waals surface area contributed by atoms with Crippen LogP contribution in [0.1, 0.15) is 13.3 Å². The number of carbonyl (C=O) groups excluding carboxylic acids is 1. The highest BCUT2D eigenvalue weighted by Gasteiger charge is 2.06. The number of halogens is 1. The van der Waals surface area contributed by atoms with Gasteiger partial charge in [-0.1, -0.05) is 6.07 Å². The molecule has 1 unspecified atom stereocenters. The van der Waals surface area contributed by atoms with Crippen molar-refractivity contribution in [1.82, 2.24) is 5.32 Å². The second-order valence-corrected chi connectivity index (χ2v) is 5.11. The molecule has 0 fully saturated rings. The van der Waals surface area contributed by atoms with Gasteiger partial charge in [-0.05, 0) is 43.6 Å². The molecule has 5 heteroatoms. The van der Waals surface area contributed by atoms with Crippen molar-refractivity contribution in [1.29, 1.82) is 0 Å². The number of hydrogen-bond donors (Lipinski definition) is 2. The maximum atomic E-state index is 12.9. The summed E-state index contributed by atoms with van der Waals surface area (Å²) >= 11 is 1.79. The van der Waals surface area contributed by atoms with Gasteiger partial charge in [0.2, 0.25) is 5.91 Å². The maximum absolute atomic E-state index is 12.9. The summed E-state index contributed by atoms with van der Waals surface area (Å²) in [5, 5.41) is 5.78. The molecular formula is C13H19FN2OS. The molecular weight excluding hydrogens is 251 g/mol. The number of nitrogens with one attached hydrogen (secondary N) is 2. The Morgan fingerprint density at radius 2 is 2.28 bits per heavy atom. The van der Waals surface area contributed by atoms with Crippen LogP contribution in [0.5, 0.6) is 0 Å². The van der Waals surface area contributed by atoms with Gasteiger partial charge in [0.25, 0.3) is 0 Å². The number of rotatable bonds is 7. The van der Waals surface area contributed by atoms with E-state index in [4.69, 9.17) is 0 Å². The summed E-state index contributed by atoms with van der Waals surface area (Å²) < 4.78 is 12.9. The van der Waals surface area contributed by atoms with E-state index in [2.05, 4.69) is 16.9 Å². The van der Waals surface area contributed by atoms with Crippen LogP contribution >= 0.6 is 11.8 Å². The van der Waals surface area contributed by atoms with E-state index in [1.807, 2.05) is 6.92 Å². The Hall–Kier alpha value is -1.07. The molecule has 1 aromatic carbocycles. The molecule has 0 saturated carbocycles. The standard InChI is InChI=1S/C13H19FN2OS/c1-10(6-7-18-2)15-9-13(17)16-12-5-3-4-11(14)8-12/h3-5,8,10,15H,6-7,9H2,1-2H3,(H,16,17). The normalized spacial score (nSPS) is 12.2. The van der Waals surface area contributed by atoms with Crippen molar-refractivity contribution in [3.05, 3.63) is 30.1 Å². The minimum Gasteiger partial charge on any atom is -0.325 e. The van der Waals surface area contributed by atoms with E-state index in [1.165, 1.54) is 12.1 Å². The molecule has 0 bridgehead atoms. The first-order chi connectivity index (χ1) is 8.61. The lowest BCUT2D eigenvalue weighted by Gasteiger charge is -2.13. The van der Waals surface area contributed by atoms with Crippen LogP contribution in [0.25, 0.3) is 0 Å². The van der Waals surface area contributed by atoms with Crippen LogP contribution in [0.2, 0.25) is 0 Å². The van der Waals surface area contributed by atoms with Crippen molar-refractivity contribution in [2.75, 3.05) is 23.9 Å². The molecule has 1 aromatic rings. The van der Waals surface area contributed by atoms with Crippen molar-refractivity contribution < 1.29 is 9.18 Å². The summed E-state index contributed by atoms with van der Waals surface area (Å²) in [5.41, 5.74) is 0.485. The zero-order valence-electron chi connectivity index (χ0n) is 10.7. The second-order valence-electron chi connectivity index (χ2n) is 4.12. The molecule has 18 heavy (non-hydrogen) atoms. The largest absolute Gasteiger partial charge is 0.325 e. The van der Waals surface area contributed by atoms with Gasteiger partial charge in [0.05, 0.1) is 6.54 Å². The average molecular weight is 270 g/mol. The number of hydrogen-bond acceptors (Lipinski definition) is 3. The van der Waals surface area contributed by atoms with Gasteiger partial charge in [0, 0.05) is 11.7 Å². The van der Waals surface area contributed by atoms with E-state index in [0.29, 0.717) is 11.7 Å². The van der Waals surface area contributed by atoms with Gasteiger partial charge in [-0.25, -0.2) is 4.39 Å². The fraction of sp³-hybridized carbons (Fsp3) is 0.462. The smallest absolute Gasteiger partial charge is 0.238 e. The van der Waals surface area contributed by atoms with Crippen molar-refractivity contribution in [3.63, 3.8) is 0 Å². The molecule has 0 aliphatic carbocycles. The predicted molar refractivity (Wildman–Crippen MR) is 75.5 cm³/mol. The van der Waals surface area contributed by atoms with Gasteiger partial charge < -0.3 is 10.6 Å². The number of benzene rings is 1. The highest BCUT2D eigenvalue weighted by atomic mass is 32.2. The lowest BCUT2D eigenvalue weighted by molar-refractivity contribution is -0.115. The van der Waals surface area contributed by atoms with Gasteiger partial charge in [-0.2, -0.15) is 11.8 Å². The van der Waals surface area contributed by atoms with Crippen LogP contribution in [0.4, 0.5) is 10.1 Å². The summed E-state index contributed by atoms with van der Waals surface area (Å²) in [7, 11) is 0. The predicted octanol–water partition coefficient (Wildman–Crippen LogP) is 2.50. The Morgan fingerprint density at radius 1 is 1.50 bits per heavy atom. The first-order valence-electron chi connectivity index (χ1n) is 5.89. The molecule has 1 rings (SSSR count). The van der Waals surface area contributed by atoms with Crippen LogP contribution in [0.15, 0.2) is 24.3 Å². The van der Waals surface area contributed by atoms with E-state index in [1.54, 1.807) is 23.9 Å². The molecule has 0 aliphatic heterocycles. The average Bonchev–Trinajstić information content (AvgIpc) is 2.34. The zero-order valence-corrected chi connectivity index (χ0v) is 11.5. The quantitative estimate of drug-likeness (QED) is 0.800. The summed E-state index contributed by atoms with van der Waals surface area (Å²) in [6.07, 6.45) is 3.08. The molecule has 0 spiro atoms. The third-order valence-electron chi connectivity index (χ3n) is 2.47. The summed E-state index contributed by atoms with van der Waals surface area (Å²) in [6, 6.07) is 6.18. The Bertz CT molecular complexity index is 387. The third-order valence-corrected chi connectivity index (χ3v) is 3.12. The van der Waals surface area contributed by atoms with E-state index in [9.17, 15) is 9.18 Å². The van der Waals surface area contributed by atoms with Crippen LogP contribution in [-0.2, 0) is 4.79 Å². The number of anilines is 1. The number of thioether (sulfide) groups is 1. The van der Waals surface area contributed by atoms with Crippen molar-refractivity contribution in [2.24, 2.45) is 0 Å². The third kappa shape index (κ3) is 6.02. The molecule has 0 heterocycles. The Balaban J connectivity index is 2.29. The molecule has 2 N–H and O–H groups in total. The lowest BCUT2D eigenvalue weighted by Crippen LogP contribution is -2.34. The number of amides is 1. The Morgan fingerprint density at radius 3 is 2.94 bits per heavy atom. The van der Waals surface area contributed by atoms with Crippen LogP contribution in [0.3, 0.4) is 0 Å². The topological polar surface area (TPSA) is 41.1 Å². The molecule has 1 amide bonds. The van der Waals surface area contributed by atoms with Crippen molar-refractivity contribution in [2.45, 2.75) is 19.4 Å². The van der Waals surface area contributed by atoms with E-state index in [-0.39, 0.29) is 18.3 Å². The Kier molecular flexibility index (Phi) is 6.75. The van der Waals surface area contributed by atoms with E-state index < -0.39 is 0 Å². The van der Waals surface area contributed by atoms with Gasteiger partial charge in [0.15, 0.2) is 0 Å².